The number of nitrogens with one attached hydrogen (secondary N) is 3. The smallest absolute Gasteiger partial charge is 0.164 e. The van der Waals surface area contributed by atoms with Crippen molar-refractivity contribution in [3.8, 4) is 0 Å². The van der Waals surface area contributed by atoms with Crippen LogP contribution >= 0.6 is 11.8 Å². The lowest BCUT2D eigenvalue weighted by molar-refractivity contribution is 0.201. The summed E-state index contributed by atoms with van der Waals surface area (Å²) < 4.78 is 5.18. The largest absolute Gasteiger partial charge is 0.385 e. The van der Waals surface area contributed by atoms with Crippen molar-refractivity contribution in [2.24, 2.45) is 5.92 Å². The minimum atomic E-state index is 0.394. The highest BCUT2D eigenvalue weighted by Crippen LogP contribution is 2.37. The number of aromatic nitrogens is 3. The van der Waals surface area contributed by atoms with E-state index in [1.54, 1.807) is 13.3 Å². The molecule has 0 atom stereocenters. The highest BCUT2D eigenvalue weighted by atomic mass is 32.2. The van der Waals surface area contributed by atoms with E-state index in [4.69, 9.17) is 20.1 Å². The monoisotopic (exact) mass is 547 g/mol. The first kappa shape index (κ1) is 28.8. The van der Waals surface area contributed by atoms with Crippen LogP contribution in [0, 0.1) is 11.3 Å². The quantitative estimate of drug-likeness (QED) is 0.165. The zero-order valence-electron chi connectivity index (χ0n) is 23.8. The second-order valence-electron chi connectivity index (χ2n) is 10.3. The number of methoxy groups -OCH3 is 1. The van der Waals surface area contributed by atoms with Gasteiger partial charge >= 0.3 is 0 Å². The summed E-state index contributed by atoms with van der Waals surface area (Å²) in [4.78, 5) is 16.5. The molecule has 0 saturated carbocycles. The van der Waals surface area contributed by atoms with Gasteiger partial charge in [-0.3, -0.25) is 0 Å². The Labute approximate surface area is 236 Å². The van der Waals surface area contributed by atoms with Crippen LogP contribution < -0.4 is 15.5 Å². The van der Waals surface area contributed by atoms with Gasteiger partial charge in [-0.25, -0.2) is 15.0 Å². The number of pyridine rings is 1. The summed E-state index contributed by atoms with van der Waals surface area (Å²) in [6.07, 6.45) is 8.97. The molecule has 1 aromatic carbocycles. The highest BCUT2D eigenvalue weighted by molar-refractivity contribution is 7.98. The number of anilines is 3. The Bertz CT molecular complexity index is 1300. The van der Waals surface area contributed by atoms with Crippen LogP contribution in [-0.4, -0.2) is 66.5 Å². The number of nitrogens with zero attached hydrogens (tertiary/aromatic N) is 4. The van der Waals surface area contributed by atoms with Crippen LogP contribution in [0.3, 0.4) is 0 Å². The van der Waals surface area contributed by atoms with Crippen LogP contribution in [0.4, 0.5) is 17.3 Å². The van der Waals surface area contributed by atoms with E-state index in [0.717, 1.165) is 43.4 Å². The van der Waals surface area contributed by atoms with E-state index < -0.39 is 0 Å². The van der Waals surface area contributed by atoms with Gasteiger partial charge in [-0.2, -0.15) is 11.8 Å². The van der Waals surface area contributed by atoms with Gasteiger partial charge in [0.25, 0.3) is 0 Å². The second-order valence-corrected chi connectivity index (χ2v) is 11.2. The normalized spacial score (nSPS) is 14.4. The minimum absolute atomic E-state index is 0.394. The van der Waals surface area contributed by atoms with E-state index in [9.17, 15) is 0 Å². The molecular weight excluding hydrogens is 506 g/mol. The van der Waals surface area contributed by atoms with Crippen molar-refractivity contribution in [1.82, 2.24) is 20.3 Å². The molecule has 8 nitrogen and oxygen atoms in total. The van der Waals surface area contributed by atoms with Crippen LogP contribution in [0.25, 0.3) is 16.3 Å². The second kappa shape index (κ2) is 13.8. The third kappa shape index (κ3) is 6.89. The molecule has 3 N–H and O–H groups in total. The molecule has 2 aromatic heterocycles. The Morgan fingerprint density at radius 2 is 2.03 bits per heavy atom. The SMILES string of the molecule is CCC/C(NCCOC)=C(/C=N)c1nccc(Nc2cc3c(C(C)C)ccc(N4CC(CSC)C4)c3cn2)n1. The Kier molecular flexibility index (Phi) is 10.2. The number of fused-ring (bicyclic) bond motifs is 1. The molecule has 4 rings (SSSR count). The summed E-state index contributed by atoms with van der Waals surface area (Å²) in [5, 5.41) is 17.3. The van der Waals surface area contributed by atoms with Gasteiger partial charge in [0.15, 0.2) is 5.82 Å². The van der Waals surface area contributed by atoms with Gasteiger partial charge in [0.1, 0.15) is 11.6 Å². The van der Waals surface area contributed by atoms with Crippen molar-refractivity contribution in [1.29, 1.82) is 5.41 Å². The van der Waals surface area contributed by atoms with Crippen molar-refractivity contribution in [2.45, 2.75) is 39.5 Å². The molecule has 0 amide bonds. The molecule has 0 spiro atoms. The van der Waals surface area contributed by atoms with Crippen LogP contribution in [0.5, 0.6) is 0 Å². The highest BCUT2D eigenvalue weighted by Gasteiger charge is 2.28. The maximum Gasteiger partial charge on any atom is 0.164 e. The van der Waals surface area contributed by atoms with Crippen LogP contribution in [0.15, 0.2) is 42.4 Å². The van der Waals surface area contributed by atoms with Gasteiger partial charge in [-0.1, -0.05) is 33.3 Å². The maximum absolute atomic E-state index is 8.07. The first-order valence-corrected chi connectivity index (χ1v) is 15.1. The van der Waals surface area contributed by atoms with Crippen molar-refractivity contribution >= 4 is 51.6 Å². The van der Waals surface area contributed by atoms with Crippen molar-refractivity contribution in [3.63, 3.8) is 0 Å². The fourth-order valence-electron chi connectivity index (χ4n) is 5.05. The first-order chi connectivity index (χ1) is 19.0. The zero-order valence-corrected chi connectivity index (χ0v) is 24.6. The van der Waals surface area contributed by atoms with Crippen LogP contribution in [0.2, 0.25) is 0 Å². The first-order valence-electron chi connectivity index (χ1n) is 13.7. The number of ether oxygens (including phenoxy) is 1. The van der Waals surface area contributed by atoms with Gasteiger partial charge in [0.05, 0.1) is 12.2 Å². The molecule has 1 aliphatic rings. The summed E-state index contributed by atoms with van der Waals surface area (Å²) in [5.41, 5.74) is 4.21. The van der Waals surface area contributed by atoms with E-state index in [-0.39, 0.29) is 0 Å². The molecule has 1 aliphatic heterocycles. The average molecular weight is 548 g/mol. The van der Waals surface area contributed by atoms with Gasteiger partial charge in [0, 0.05) is 68.0 Å². The standard InChI is InChI=1S/C30H41N7OS/c1-6-7-26(32-12-13-38-4)24(15-31)30-33-11-10-28(36-30)35-29-14-23-22(20(2)3)8-9-27(25(23)16-34-29)37-17-21(18-37)19-39-5/h8-11,14-16,20-21,31-32H,6-7,12-13,17-19H2,1-5H3,(H,33,34,35,36)/b26-24+,31-15?. The Hall–Kier alpha value is -3.17. The molecule has 1 saturated heterocycles. The number of hydrogen-bond acceptors (Lipinski definition) is 9. The molecule has 3 aromatic rings. The Balaban J connectivity index is 1.63. The average Bonchev–Trinajstić information content (AvgIpc) is 2.90. The Morgan fingerprint density at radius 1 is 1.21 bits per heavy atom. The molecule has 3 heterocycles. The Morgan fingerprint density at radius 3 is 2.72 bits per heavy atom. The zero-order chi connectivity index (χ0) is 27.8. The summed E-state index contributed by atoms with van der Waals surface area (Å²) in [7, 11) is 1.68. The van der Waals surface area contributed by atoms with Crippen molar-refractivity contribution < 1.29 is 4.74 Å². The molecule has 0 unspecified atom stereocenters. The van der Waals surface area contributed by atoms with E-state index in [1.807, 2.05) is 24.0 Å². The number of hydrogen-bond donors (Lipinski definition) is 3. The number of rotatable bonds is 14. The summed E-state index contributed by atoms with van der Waals surface area (Å²) in [6, 6.07) is 8.50. The summed E-state index contributed by atoms with van der Waals surface area (Å²) in [6.45, 7) is 10.0. The molecule has 1 fully saturated rings. The van der Waals surface area contributed by atoms with Crippen molar-refractivity contribution in [3.05, 3.63) is 53.7 Å². The lowest BCUT2D eigenvalue weighted by atomic mass is 9.93. The minimum Gasteiger partial charge on any atom is -0.385 e. The van der Waals surface area contributed by atoms with Gasteiger partial charge in [-0.05, 0) is 53.5 Å². The molecule has 39 heavy (non-hydrogen) atoms. The fourth-order valence-corrected chi connectivity index (χ4v) is 5.73. The maximum atomic E-state index is 8.07. The lowest BCUT2D eigenvalue weighted by Gasteiger charge is -2.41. The number of thioether (sulfide) groups is 1. The molecule has 0 radical (unpaired) electrons. The lowest BCUT2D eigenvalue weighted by Crippen LogP contribution is -2.48. The van der Waals surface area contributed by atoms with E-state index in [0.29, 0.717) is 36.3 Å². The summed E-state index contributed by atoms with van der Waals surface area (Å²) in [5.74, 6) is 4.25. The third-order valence-corrected chi connectivity index (χ3v) is 7.81. The predicted molar refractivity (Wildman–Crippen MR) is 166 cm³/mol. The number of allylic oxidation sites excluding steroid dienone is 2. The van der Waals surface area contributed by atoms with Gasteiger partial charge < -0.3 is 25.7 Å². The van der Waals surface area contributed by atoms with Gasteiger partial charge in [-0.15, -0.1) is 0 Å². The van der Waals surface area contributed by atoms with E-state index in [2.05, 4.69) is 65.7 Å². The van der Waals surface area contributed by atoms with Crippen LogP contribution in [0.1, 0.15) is 50.9 Å². The molecule has 9 heteroatoms. The van der Waals surface area contributed by atoms with Crippen LogP contribution in [-0.2, 0) is 4.74 Å². The number of benzene rings is 1. The predicted octanol–water partition coefficient (Wildman–Crippen LogP) is 6.09. The third-order valence-electron chi connectivity index (χ3n) is 7.00. The van der Waals surface area contributed by atoms with E-state index >= 15 is 0 Å². The fraction of sp³-hybridized carbons (Fsp3) is 0.467. The van der Waals surface area contributed by atoms with Gasteiger partial charge in [0.2, 0.25) is 0 Å². The van der Waals surface area contributed by atoms with E-state index in [1.165, 1.54) is 34.0 Å². The molecule has 0 aliphatic carbocycles. The molecule has 0 bridgehead atoms. The molecular formula is C30H41N7OS. The van der Waals surface area contributed by atoms with Crippen molar-refractivity contribution in [2.75, 3.05) is 55.6 Å². The summed E-state index contributed by atoms with van der Waals surface area (Å²) >= 11 is 1.93. The topological polar surface area (TPSA) is 99.0 Å². The molecule has 208 valence electrons.